The maximum Gasteiger partial charge on any atom is 0.243 e. The number of hydrogen-bond acceptors (Lipinski definition) is 5. The van der Waals surface area contributed by atoms with Gasteiger partial charge in [-0.15, -0.1) is 11.3 Å². The maximum absolute atomic E-state index is 13.4. The Hall–Kier alpha value is -1.15. The zero-order chi connectivity index (χ0) is 22.9. The predicted molar refractivity (Wildman–Crippen MR) is 133 cm³/mol. The van der Waals surface area contributed by atoms with Gasteiger partial charge in [0.05, 0.1) is 9.90 Å². The lowest BCUT2D eigenvalue weighted by Crippen LogP contribution is -2.41. The van der Waals surface area contributed by atoms with Gasteiger partial charge in [-0.3, -0.25) is 0 Å². The number of nitrogens with two attached hydrogens (primary N) is 1. The second kappa shape index (κ2) is 9.77. The number of benzene rings is 1. The Morgan fingerprint density at radius 1 is 1.13 bits per heavy atom. The van der Waals surface area contributed by atoms with Crippen LogP contribution in [0.25, 0.3) is 10.1 Å². The lowest BCUT2D eigenvalue weighted by atomic mass is 9.88. The van der Waals surface area contributed by atoms with Crippen LogP contribution in [0.15, 0.2) is 23.1 Å². The van der Waals surface area contributed by atoms with Gasteiger partial charge in [0.2, 0.25) is 10.0 Å². The van der Waals surface area contributed by atoms with E-state index in [1.165, 1.54) is 18.4 Å². The molecule has 7 heteroatoms. The van der Waals surface area contributed by atoms with Crippen LogP contribution in [0.5, 0.6) is 0 Å². The highest BCUT2D eigenvalue weighted by molar-refractivity contribution is 7.89. The number of rotatable bonds is 8. The quantitative estimate of drug-likeness (QED) is 0.546. The highest BCUT2D eigenvalue weighted by atomic mass is 32.2. The van der Waals surface area contributed by atoms with Gasteiger partial charge in [-0.1, -0.05) is 13.3 Å². The number of thiophene rings is 1. The molecule has 0 bridgehead atoms. The van der Waals surface area contributed by atoms with Crippen LogP contribution in [-0.2, 0) is 10.0 Å². The third-order valence-corrected chi connectivity index (χ3v) is 9.85. The zero-order valence-corrected chi connectivity index (χ0v) is 21.5. The molecule has 1 atom stereocenters. The predicted octanol–water partition coefficient (Wildman–Crippen LogP) is 5.66. The van der Waals surface area contributed by atoms with Gasteiger partial charge in [0, 0.05) is 22.8 Å². The molecule has 2 N–H and O–H groups in total. The summed E-state index contributed by atoms with van der Waals surface area (Å²) in [6.45, 7) is 14.4. The number of fused-ring (bicyclic) bond motifs is 1. The van der Waals surface area contributed by atoms with Crippen LogP contribution in [0.3, 0.4) is 0 Å². The van der Waals surface area contributed by atoms with E-state index in [0.717, 1.165) is 41.0 Å². The Morgan fingerprint density at radius 3 is 2.29 bits per heavy atom. The molecule has 31 heavy (non-hydrogen) atoms. The third kappa shape index (κ3) is 4.95. The summed E-state index contributed by atoms with van der Waals surface area (Å²) >= 11 is 1.58. The maximum atomic E-state index is 13.4. The van der Waals surface area contributed by atoms with Crippen molar-refractivity contribution >= 4 is 36.4 Å². The van der Waals surface area contributed by atoms with E-state index >= 15 is 0 Å². The number of nitrogen functional groups attached to an aromatic ring is 1. The summed E-state index contributed by atoms with van der Waals surface area (Å²) in [5.74, 6) is 0.392. The molecule has 1 unspecified atom stereocenters. The van der Waals surface area contributed by atoms with E-state index in [2.05, 4.69) is 18.7 Å². The molecule has 1 aromatic heterocycles. The summed E-state index contributed by atoms with van der Waals surface area (Å²) in [4.78, 5) is 2.96. The lowest BCUT2D eigenvalue weighted by Gasteiger charge is -2.36. The Balaban J connectivity index is 1.94. The number of hydrogen-bond donors (Lipinski definition) is 1. The fourth-order valence-electron chi connectivity index (χ4n) is 5.20. The molecule has 1 saturated heterocycles. The van der Waals surface area contributed by atoms with Crippen molar-refractivity contribution in [1.29, 1.82) is 0 Å². The minimum absolute atomic E-state index is 0.0952. The Morgan fingerprint density at radius 2 is 1.74 bits per heavy atom. The summed E-state index contributed by atoms with van der Waals surface area (Å²) < 4.78 is 29.5. The summed E-state index contributed by atoms with van der Waals surface area (Å²) in [7, 11) is -3.57. The summed E-state index contributed by atoms with van der Waals surface area (Å²) in [5.41, 5.74) is 7.65. The molecular weight excluding hydrogens is 426 g/mol. The minimum atomic E-state index is -3.57. The van der Waals surface area contributed by atoms with Crippen molar-refractivity contribution in [3.05, 3.63) is 23.8 Å². The standard InChI is InChI=1S/C24H39N3O2S2/c1-7-8-18(6)26-13-11-19(12-14-26)23-21-15-20(9-10-22(21)30-24(23)25)31(28,29)27(16(2)3)17(4)5/h9-10,15-19H,7-8,11-14,25H2,1-6H3. The van der Waals surface area contributed by atoms with Crippen LogP contribution in [0, 0.1) is 0 Å². The normalized spacial score (nSPS) is 18.0. The monoisotopic (exact) mass is 465 g/mol. The van der Waals surface area contributed by atoms with Crippen molar-refractivity contribution in [3.8, 4) is 0 Å². The highest BCUT2D eigenvalue weighted by Gasteiger charge is 2.31. The van der Waals surface area contributed by atoms with E-state index in [-0.39, 0.29) is 12.1 Å². The van der Waals surface area contributed by atoms with Gasteiger partial charge in [0.1, 0.15) is 0 Å². The van der Waals surface area contributed by atoms with Crippen LogP contribution in [0.2, 0.25) is 0 Å². The van der Waals surface area contributed by atoms with Crippen LogP contribution in [0.1, 0.15) is 78.7 Å². The molecule has 0 saturated carbocycles. The molecule has 174 valence electrons. The van der Waals surface area contributed by atoms with Gasteiger partial charge in [-0.05, 0) is 102 Å². The van der Waals surface area contributed by atoms with Gasteiger partial charge in [-0.2, -0.15) is 4.31 Å². The molecular formula is C24H39N3O2S2. The van der Waals surface area contributed by atoms with Gasteiger partial charge in [0.15, 0.2) is 0 Å². The summed E-state index contributed by atoms with van der Waals surface area (Å²) in [5, 5.41) is 1.87. The first-order valence-electron chi connectivity index (χ1n) is 11.7. The smallest absolute Gasteiger partial charge is 0.243 e. The van der Waals surface area contributed by atoms with Gasteiger partial charge in [0.25, 0.3) is 0 Å². The van der Waals surface area contributed by atoms with E-state index in [1.807, 2.05) is 39.8 Å². The molecule has 2 aromatic rings. The summed E-state index contributed by atoms with van der Waals surface area (Å²) in [6.07, 6.45) is 4.60. The molecule has 0 spiro atoms. The van der Waals surface area contributed by atoms with Crippen molar-refractivity contribution in [2.45, 2.75) is 96.2 Å². The van der Waals surface area contributed by atoms with Crippen LogP contribution >= 0.6 is 11.3 Å². The third-order valence-electron chi connectivity index (χ3n) is 6.59. The van der Waals surface area contributed by atoms with E-state index in [0.29, 0.717) is 16.9 Å². The summed E-state index contributed by atoms with van der Waals surface area (Å²) in [6, 6.07) is 5.98. The van der Waals surface area contributed by atoms with Crippen molar-refractivity contribution in [3.63, 3.8) is 0 Å². The number of piperidine rings is 1. The molecule has 5 nitrogen and oxygen atoms in total. The van der Waals surface area contributed by atoms with Gasteiger partial charge >= 0.3 is 0 Å². The first-order valence-corrected chi connectivity index (χ1v) is 13.9. The van der Waals surface area contributed by atoms with Crippen LogP contribution < -0.4 is 5.73 Å². The molecule has 1 aliphatic rings. The molecule has 1 aliphatic heterocycles. The number of sulfonamides is 1. The fourth-order valence-corrected chi connectivity index (χ4v) is 8.10. The van der Waals surface area contributed by atoms with Crippen LogP contribution in [0.4, 0.5) is 5.00 Å². The molecule has 0 amide bonds. The topological polar surface area (TPSA) is 66.6 Å². The Bertz CT molecular complexity index is 982. The number of nitrogens with zero attached hydrogens (tertiary/aromatic N) is 2. The fraction of sp³-hybridized carbons (Fsp3) is 0.667. The second-order valence-corrected chi connectivity index (χ2v) is 12.4. The van der Waals surface area contributed by atoms with Gasteiger partial charge in [-0.25, -0.2) is 8.42 Å². The Labute approximate surface area is 192 Å². The number of anilines is 1. The van der Waals surface area contributed by atoms with E-state index < -0.39 is 10.0 Å². The van der Waals surface area contributed by atoms with Crippen molar-refractivity contribution in [2.75, 3.05) is 18.8 Å². The van der Waals surface area contributed by atoms with Crippen molar-refractivity contribution < 1.29 is 8.42 Å². The molecule has 1 aromatic carbocycles. The first-order chi connectivity index (χ1) is 14.6. The minimum Gasteiger partial charge on any atom is -0.390 e. The Kier molecular flexibility index (Phi) is 7.72. The van der Waals surface area contributed by atoms with E-state index in [1.54, 1.807) is 21.7 Å². The average molecular weight is 466 g/mol. The number of likely N-dealkylation sites (tertiary alicyclic amines) is 1. The highest BCUT2D eigenvalue weighted by Crippen LogP contribution is 2.43. The molecule has 0 radical (unpaired) electrons. The molecule has 2 heterocycles. The van der Waals surface area contributed by atoms with Crippen molar-refractivity contribution in [1.82, 2.24) is 9.21 Å². The zero-order valence-electron chi connectivity index (χ0n) is 19.9. The lowest BCUT2D eigenvalue weighted by molar-refractivity contribution is 0.155. The first kappa shape index (κ1) is 24.5. The van der Waals surface area contributed by atoms with Crippen molar-refractivity contribution in [2.24, 2.45) is 0 Å². The van der Waals surface area contributed by atoms with E-state index in [4.69, 9.17) is 5.73 Å². The second-order valence-electron chi connectivity index (χ2n) is 9.51. The SMILES string of the molecule is CCCC(C)N1CCC(c2c(N)sc3ccc(S(=O)(=O)N(C(C)C)C(C)C)cc23)CC1. The van der Waals surface area contributed by atoms with Crippen LogP contribution in [-0.4, -0.2) is 48.8 Å². The van der Waals surface area contributed by atoms with E-state index in [9.17, 15) is 8.42 Å². The van der Waals surface area contributed by atoms with Gasteiger partial charge < -0.3 is 10.6 Å². The molecule has 1 fully saturated rings. The molecule has 0 aliphatic carbocycles. The largest absolute Gasteiger partial charge is 0.390 e. The average Bonchev–Trinajstić information content (AvgIpc) is 3.02. The molecule has 3 rings (SSSR count).